The standard InChI is InChI=1S/C14H19NO3/c1-18-14-10-11(4-5-13(14)17)12(16)6-9-15-7-2-3-8-15/h4-5,10,17H,2-3,6-9H2,1H3. The van der Waals surface area contributed by atoms with Crippen molar-refractivity contribution in [2.24, 2.45) is 0 Å². The number of nitrogens with zero attached hydrogens (tertiary/aromatic N) is 1. The van der Waals surface area contributed by atoms with E-state index < -0.39 is 0 Å². The first-order chi connectivity index (χ1) is 8.70. The Hall–Kier alpha value is -1.55. The van der Waals surface area contributed by atoms with Crippen LogP contribution in [0.5, 0.6) is 11.5 Å². The predicted molar refractivity (Wildman–Crippen MR) is 69.3 cm³/mol. The summed E-state index contributed by atoms with van der Waals surface area (Å²) in [6.07, 6.45) is 3.00. The lowest BCUT2D eigenvalue weighted by Crippen LogP contribution is -2.22. The van der Waals surface area contributed by atoms with E-state index in [2.05, 4.69) is 4.90 Å². The van der Waals surface area contributed by atoms with E-state index in [0.29, 0.717) is 17.7 Å². The molecule has 1 N–H and O–H groups in total. The maximum Gasteiger partial charge on any atom is 0.164 e. The summed E-state index contributed by atoms with van der Waals surface area (Å²) in [7, 11) is 1.48. The van der Waals surface area contributed by atoms with Crippen LogP contribution in [0.25, 0.3) is 0 Å². The number of rotatable bonds is 5. The molecule has 0 amide bonds. The van der Waals surface area contributed by atoms with Crippen molar-refractivity contribution >= 4 is 5.78 Å². The van der Waals surface area contributed by atoms with Gasteiger partial charge in [0.1, 0.15) is 0 Å². The Morgan fingerprint density at radius 3 is 2.78 bits per heavy atom. The number of Topliss-reactive ketones (excluding diaryl/α,β-unsaturated/α-hetero) is 1. The van der Waals surface area contributed by atoms with Gasteiger partial charge in [0.05, 0.1) is 7.11 Å². The van der Waals surface area contributed by atoms with E-state index in [1.54, 1.807) is 12.1 Å². The third kappa shape index (κ3) is 3.01. The highest BCUT2D eigenvalue weighted by Gasteiger charge is 2.14. The summed E-state index contributed by atoms with van der Waals surface area (Å²) in [5.74, 6) is 0.510. The van der Waals surface area contributed by atoms with Crippen molar-refractivity contribution in [1.82, 2.24) is 4.90 Å². The summed E-state index contributed by atoms with van der Waals surface area (Å²) in [6.45, 7) is 3.03. The second-order valence-electron chi connectivity index (χ2n) is 4.61. The first-order valence-corrected chi connectivity index (χ1v) is 6.33. The summed E-state index contributed by atoms with van der Waals surface area (Å²) in [5.41, 5.74) is 0.601. The first kappa shape index (κ1) is 12.9. The summed E-state index contributed by atoms with van der Waals surface area (Å²) in [4.78, 5) is 14.3. The number of carbonyl (C=O) groups excluding carboxylic acids is 1. The fraction of sp³-hybridized carbons (Fsp3) is 0.500. The van der Waals surface area contributed by atoms with Crippen molar-refractivity contribution in [1.29, 1.82) is 0 Å². The van der Waals surface area contributed by atoms with E-state index in [1.165, 1.54) is 26.0 Å². The molecule has 2 rings (SSSR count). The van der Waals surface area contributed by atoms with Crippen LogP contribution in [0.1, 0.15) is 29.6 Å². The smallest absolute Gasteiger partial charge is 0.164 e. The Bertz CT molecular complexity index is 425. The van der Waals surface area contributed by atoms with Gasteiger partial charge in [-0.15, -0.1) is 0 Å². The van der Waals surface area contributed by atoms with E-state index in [1.807, 2.05) is 0 Å². The molecule has 0 aromatic heterocycles. The molecular formula is C14H19NO3. The highest BCUT2D eigenvalue weighted by Crippen LogP contribution is 2.26. The van der Waals surface area contributed by atoms with Crippen LogP contribution >= 0.6 is 0 Å². The average molecular weight is 249 g/mol. The molecule has 0 unspecified atom stereocenters. The fourth-order valence-corrected chi connectivity index (χ4v) is 2.26. The van der Waals surface area contributed by atoms with Gasteiger partial charge in [0.15, 0.2) is 17.3 Å². The number of ether oxygens (including phenoxy) is 1. The van der Waals surface area contributed by atoms with Gasteiger partial charge in [-0.25, -0.2) is 0 Å². The number of likely N-dealkylation sites (tertiary alicyclic amines) is 1. The van der Waals surface area contributed by atoms with Crippen LogP contribution in [0, 0.1) is 0 Å². The molecule has 1 saturated heterocycles. The van der Waals surface area contributed by atoms with Crippen molar-refractivity contribution in [3.8, 4) is 11.5 Å². The fourth-order valence-electron chi connectivity index (χ4n) is 2.26. The summed E-state index contributed by atoms with van der Waals surface area (Å²) in [6, 6.07) is 4.74. The van der Waals surface area contributed by atoms with Crippen molar-refractivity contribution in [2.45, 2.75) is 19.3 Å². The molecule has 0 saturated carbocycles. The van der Waals surface area contributed by atoms with Gasteiger partial charge in [0.25, 0.3) is 0 Å². The number of benzene rings is 1. The van der Waals surface area contributed by atoms with E-state index >= 15 is 0 Å². The van der Waals surface area contributed by atoms with Crippen LogP contribution in [0.15, 0.2) is 18.2 Å². The van der Waals surface area contributed by atoms with Crippen LogP contribution in [0.4, 0.5) is 0 Å². The number of phenolic OH excluding ortho intramolecular Hbond substituents is 1. The molecule has 4 heteroatoms. The molecule has 1 aromatic rings. The number of methoxy groups -OCH3 is 1. The van der Waals surface area contributed by atoms with Crippen molar-refractivity contribution in [3.05, 3.63) is 23.8 Å². The van der Waals surface area contributed by atoms with Gasteiger partial charge in [-0.3, -0.25) is 4.79 Å². The minimum atomic E-state index is 0.0635. The Morgan fingerprint density at radius 1 is 1.39 bits per heavy atom. The second-order valence-corrected chi connectivity index (χ2v) is 4.61. The predicted octanol–water partition coefficient (Wildman–Crippen LogP) is 2.07. The van der Waals surface area contributed by atoms with Gasteiger partial charge in [-0.1, -0.05) is 0 Å². The zero-order valence-corrected chi connectivity index (χ0v) is 10.7. The highest BCUT2D eigenvalue weighted by molar-refractivity contribution is 5.96. The van der Waals surface area contributed by atoms with Crippen LogP contribution in [-0.2, 0) is 0 Å². The number of carbonyl (C=O) groups is 1. The van der Waals surface area contributed by atoms with Crippen molar-refractivity contribution in [2.75, 3.05) is 26.7 Å². The number of phenols is 1. The molecular weight excluding hydrogens is 230 g/mol. The minimum Gasteiger partial charge on any atom is -0.504 e. The van der Waals surface area contributed by atoms with Crippen LogP contribution < -0.4 is 4.74 Å². The van der Waals surface area contributed by atoms with Crippen LogP contribution in [0.2, 0.25) is 0 Å². The van der Waals surface area contributed by atoms with Crippen molar-refractivity contribution in [3.63, 3.8) is 0 Å². The zero-order valence-electron chi connectivity index (χ0n) is 10.7. The van der Waals surface area contributed by atoms with E-state index in [0.717, 1.165) is 19.6 Å². The maximum absolute atomic E-state index is 12.0. The van der Waals surface area contributed by atoms with E-state index in [4.69, 9.17) is 4.74 Å². The molecule has 18 heavy (non-hydrogen) atoms. The van der Waals surface area contributed by atoms with Crippen LogP contribution in [0.3, 0.4) is 0 Å². The van der Waals surface area contributed by atoms with Crippen LogP contribution in [-0.4, -0.2) is 42.5 Å². The molecule has 1 aromatic carbocycles. The Kier molecular flexibility index (Phi) is 4.20. The lowest BCUT2D eigenvalue weighted by molar-refractivity contribution is 0.0968. The highest BCUT2D eigenvalue weighted by atomic mass is 16.5. The molecule has 98 valence electrons. The number of aromatic hydroxyl groups is 1. The van der Waals surface area contributed by atoms with E-state index in [9.17, 15) is 9.90 Å². The third-order valence-corrected chi connectivity index (χ3v) is 3.36. The quantitative estimate of drug-likeness (QED) is 0.812. The lowest BCUT2D eigenvalue weighted by Gasteiger charge is -2.13. The van der Waals surface area contributed by atoms with Gasteiger partial charge in [-0.05, 0) is 44.1 Å². The molecule has 1 aliphatic rings. The second kappa shape index (κ2) is 5.87. The van der Waals surface area contributed by atoms with Gasteiger partial charge >= 0.3 is 0 Å². The molecule has 1 fully saturated rings. The molecule has 1 aliphatic heterocycles. The van der Waals surface area contributed by atoms with Gasteiger partial charge in [0.2, 0.25) is 0 Å². The monoisotopic (exact) mass is 249 g/mol. The lowest BCUT2D eigenvalue weighted by atomic mass is 10.1. The Balaban J connectivity index is 1.95. The third-order valence-electron chi connectivity index (χ3n) is 3.36. The number of hydrogen-bond acceptors (Lipinski definition) is 4. The molecule has 0 bridgehead atoms. The summed E-state index contributed by atoms with van der Waals surface area (Å²) >= 11 is 0. The zero-order chi connectivity index (χ0) is 13.0. The van der Waals surface area contributed by atoms with Crippen molar-refractivity contribution < 1.29 is 14.6 Å². The molecule has 0 radical (unpaired) electrons. The molecule has 1 heterocycles. The average Bonchev–Trinajstić information content (AvgIpc) is 2.89. The normalized spacial score (nSPS) is 15.8. The van der Waals surface area contributed by atoms with Gasteiger partial charge in [0, 0.05) is 18.5 Å². The molecule has 4 nitrogen and oxygen atoms in total. The SMILES string of the molecule is COc1cc(C(=O)CCN2CCCC2)ccc1O. The van der Waals surface area contributed by atoms with E-state index in [-0.39, 0.29) is 11.5 Å². The minimum absolute atomic E-state index is 0.0635. The summed E-state index contributed by atoms with van der Waals surface area (Å²) in [5, 5.41) is 9.47. The van der Waals surface area contributed by atoms with Gasteiger partial charge < -0.3 is 14.7 Å². The van der Waals surface area contributed by atoms with Gasteiger partial charge in [-0.2, -0.15) is 0 Å². The Morgan fingerprint density at radius 2 is 2.11 bits per heavy atom. The maximum atomic E-state index is 12.0. The topological polar surface area (TPSA) is 49.8 Å². The first-order valence-electron chi connectivity index (χ1n) is 6.33. The largest absolute Gasteiger partial charge is 0.504 e. The Labute approximate surface area is 107 Å². The summed E-state index contributed by atoms with van der Waals surface area (Å²) < 4.78 is 5.00. The molecule has 0 spiro atoms. The number of hydrogen-bond donors (Lipinski definition) is 1. The molecule has 0 atom stereocenters. The molecule has 0 aliphatic carbocycles. The number of ketones is 1.